The molecule has 0 spiro atoms. The third kappa shape index (κ3) is 3.90. The molecule has 2 aromatic rings. The van der Waals surface area contributed by atoms with Crippen LogP contribution in [-0.4, -0.2) is 21.9 Å². The number of hydrogen-bond donors (Lipinski definition) is 1. The van der Waals surface area contributed by atoms with Gasteiger partial charge in [-0.1, -0.05) is 0 Å². The first-order valence-electron chi connectivity index (χ1n) is 6.54. The predicted octanol–water partition coefficient (Wildman–Crippen LogP) is 3.16. The van der Waals surface area contributed by atoms with Gasteiger partial charge < -0.3 is 10.5 Å². The van der Waals surface area contributed by atoms with Gasteiger partial charge in [0.15, 0.2) is 0 Å². The van der Waals surface area contributed by atoms with Gasteiger partial charge in [-0.3, -0.25) is 4.68 Å². The zero-order chi connectivity index (χ0) is 14.8. The van der Waals surface area contributed by atoms with Gasteiger partial charge in [0.1, 0.15) is 5.75 Å². The van der Waals surface area contributed by atoms with E-state index in [2.05, 4.69) is 9.84 Å². The number of aryl methyl sites for hydroxylation is 1. The van der Waals surface area contributed by atoms with Gasteiger partial charge in [0.05, 0.1) is 11.7 Å². The maximum atomic E-state index is 12.1. The quantitative estimate of drug-likeness (QED) is 0.886. The molecule has 0 saturated carbocycles. The standard InChI is InChI=1S/C14H19F2N3O/c1-14(2,17)6-3-7-19-12-5-4-11(20-13(15)16)8-10(12)9-18-19/h4-5,8-9,13H,3,6-7,17H2,1-2H3. The fourth-order valence-corrected chi connectivity index (χ4v) is 2.10. The van der Waals surface area contributed by atoms with Crippen molar-refractivity contribution in [3.8, 4) is 5.75 Å². The van der Waals surface area contributed by atoms with Gasteiger partial charge in [0.25, 0.3) is 0 Å². The first-order chi connectivity index (χ1) is 9.35. The topological polar surface area (TPSA) is 53.1 Å². The van der Waals surface area contributed by atoms with E-state index in [4.69, 9.17) is 5.73 Å². The van der Waals surface area contributed by atoms with Crippen molar-refractivity contribution in [2.24, 2.45) is 5.73 Å². The zero-order valence-corrected chi connectivity index (χ0v) is 11.6. The third-order valence-electron chi connectivity index (χ3n) is 3.03. The van der Waals surface area contributed by atoms with E-state index in [9.17, 15) is 8.78 Å². The van der Waals surface area contributed by atoms with Crippen molar-refractivity contribution >= 4 is 10.9 Å². The molecular formula is C14H19F2N3O. The van der Waals surface area contributed by atoms with Crippen LogP contribution in [0, 0.1) is 0 Å². The molecule has 2 N–H and O–H groups in total. The van der Waals surface area contributed by atoms with Crippen LogP contribution in [0.15, 0.2) is 24.4 Å². The van der Waals surface area contributed by atoms with Crippen LogP contribution in [0.1, 0.15) is 26.7 Å². The first kappa shape index (κ1) is 14.7. The summed E-state index contributed by atoms with van der Waals surface area (Å²) in [5.74, 6) is 0.148. The Kier molecular flexibility index (Phi) is 4.23. The Labute approximate surface area is 116 Å². The van der Waals surface area contributed by atoms with Gasteiger partial charge in [-0.2, -0.15) is 13.9 Å². The highest BCUT2D eigenvalue weighted by Crippen LogP contribution is 2.22. The summed E-state index contributed by atoms with van der Waals surface area (Å²) in [6.45, 7) is 1.91. The smallest absolute Gasteiger partial charge is 0.387 e. The molecule has 110 valence electrons. The minimum absolute atomic E-state index is 0.148. The number of aromatic nitrogens is 2. The van der Waals surface area contributed by atoms with E-state index < -0.39 is 6.61 Å². The van der Waals surface area contributed by atoms with Crippen molar-refractivity contribution in [3.63, 3.8) is 0 Å². The lowest BCUT2D eigenvalue weighted by Crippen LogP contribution is -2.31. The lowest BCUT2D eigenvalue weighted by atomic mass is 10.0. The Balaban J connectivity index is 2.08. The largest absolute Gasteiger partial charge is 0.435 e. The van der Waals surface area contributed by atoms with E-state index in [0.717, 1.165) is 30.3 Å². The maximum absolute atomic E-state index is 12.1. The van der Waals surface area contributed by atoms with Gasteiger partial charge in [-0.25, -0.2) is 0 Å². The number of rotatable bonds is 6. The van der Waals surface area contributed by atoms with Crippen molar-refractivity contribution in [3.05, 3.63) is 24.4 Å². The molecule has 0 unspecified atom stereocenters. The molecule has 0 aliphatic carbocycles. The summed E-state index contributed by atoms with van der Waals surface area (Å²) in [5, 5.41) is 5.06. The van der Waals surface area contributed by atoms with Crippen molar-refractivity contribution < 1.29 is 13.5 Å². The second-order valence-corrected chi connectivity index (χ2v) is 5.56. The van der Waals surface area contributed by atoms with Gasteiger partial charge in [0.2, 0.25) is 0 Å². The van der Waals surface area contributed by atoms with Crippen LogP contribution in [0.4, 0.5) is 8.78 Å². The number of hydrogen-bond acceptors (Lipinski definition) is 3. The van der Waals surface area contributed by atoms with E-state index in [-0.39, 0.29) is 11.3 Å². The molecule has 1 aromatic carbocycles. The molecule has 0 radical (unpaired) electrons. The van der Waals surface area contributed by atoms with E-state index in [1.807, 2.05) is 18.5 Å². The number of alkyl halides is 2. The second-order valence-electron chi connectivity index (χ2n) is 5.56. The van der Waals surface area contributed by atoms with E-state index in [1.54, 1.807) is 18.3 Å². The van der Waals surface area contributed by atoms with Crippen molar-refractivity contribution in [2.75, 3.05) is 0 Å². The third-order valence-corrected chi connectivity index (χ3v) is 3.03. The highest BCUT2D eigenvalue weighted by molar-refractivity contribution is 5.80. The fourth-order valence-electron chi connectivity index (χ4n) is 2.10. The number of halogens is 2. The fraction of sp³-hybridized carbons (Fsp3) is 0.500. The molecule has 4 nitrogen and oxygen atoms in total. The number of nitrogens with zero attached hydrogens (tertiary/aromatic N) is 2. The van der Waals surface area contributed by atoms with Crippen LogP contribution < -0.4 is 10.5 Å². The summed E-state index contributed by atoms with van der Waals surface area (Å²) >= 11 is 0. The molecular weight excluding hydrogens is 264 g/mol. The molecule has 0 aliphatic heterocycles. The zero-order valence-electron chi connectivity index (χ0n) is 11.6. The van der Waals surface area contributed by atoms with Gasteiger partial charge >= 0.3 is 6.61 Å². The minimum Gasteiger partial charge on any atom is -0.435 e. The summed E-state index contributed by atoms with van der Waals surface area (Å²) in [5.41, 5.74) is 6.65. The van der Waals surface area contributed by atoms with Crippen molar-refractivity contribution in [1.82, 2.24) is 9.78 Å². The summed E-state index contributed by atoms with van der Waals surface area (Å²) in [4.78, 5) is 0. The van der Waals surface area contributed by atoms with Gasteiger partial charge in [-0.05, 0) is 44.9 Å². The second kappa shape index (κ2) is 5.75. The Hall–Kier alpha value is -1.69. The molecule has 1 aromatic heterocycles. The Morgan fingerprint density at radius 3 is 2.80 bits per heavy atom. The molecule has 0 atom stereocenters. The van der Waals surface area contributed by atoms with Crippen LogP contribution in [0.3, 0.4) is 0 Å². The Morgan fingerprint density at radius 2 is 2.15 bits per heavy atom. The monoisotopic (exact) mass is 283 g/mol. The molecule has 0 bridgehead atoms. The number of ether oxygens (including phenoxy) is 1. The first-order valence-corrected chi connectivity index (χ1v) is 6.54. The number of nitrogens with two attached hydrogens (primary N) is 1. The summed E-state index contributed by atoms with van der Waals surface area (Å²) in [6.07, 6.45) is 3.46. The summed E-state index contributed by atoms with van der Waals surface area (Å²) in [7, 11) is 0. The van der Waals surface area contributed by atoms with Crippen LogP contribution in [-0.2, 0) is 6.54 Å². The Morgan fingerprint density at radius 1 is 1.40 bits per heavy atom. The summed E-state index contributed by atoms with van der Waals surface area (Å²) < 4.78 is 30.5. The molecule has 1 heterocycles. The molecule has 20 heavy (non-hydrogen) atoms. The summed E-state index contributed by atoms with van der Waals surface area (Å²) in [6, 6.07) is 4.84. The molecule has 6 heteroatoms. The maximum Gasteiger partial charge on any atom is 0.387 e. The van der Waals surface area contributed by atoms with Crippen molar-refractivity contribution in [2.45, 2.75) is 45.4 Å². The van der Waals surface area contributed by atoms with Gasteiger partial charge in [0, 0.05) is 17.5 Å². The molecule has 0 fully saturated rings. The predicted molar refractivity (Wildman–Crippen MR) is 73.9 cm³/mol. The average Bonchev–Trinajstić information content (AvgIpc) is 2.69. The lowest BCUT2D eigenvalue weighted by Gasteiger charge is -2.17. The number of fused-ring (bicyclic) bond motifs is 1. The number of benzene rings is 1. The average molecular weight is 283 g/mol. The van der Waals surface area contributed by atoms with Crippen molar-refractivity contribution in [1.29, 1.82) is 0 Å². The molecule has 0 saturated heterocycles. The van der Waals surface area contributed by atoms with Crippen LogP contribution >= 0.6 is 0 Å². The van der Waals surface area contributed by atoms with Crippen LogP contribution in [0.2, 0.25) is 0 Å². The highest BCUT2D eigenvalue weighted by Gasteiger charge is 2.11. The molecule has 2 rings (SSSR count). The van der Waals surface area contributed by atoms with E-state index >= 15 is 0 Å². The lowest BCUT2D eigenvalue weighted by molar-refractivity contribution is -0.0497. The van der Waals surface area contributed by atoms with Crippen LogP contribution in [0.5, 0.6) is 5.75 Å². The normalized spacial score (nSPS) is 12.3. The SMILES string of the molecule is CC(C)(N)CCCn1ncc2cc(OC(F)F)ccc21. The highest BCUT2D eigenvalue weighted by atomic mass is 19.3. The Bertz CT molecular complexity index is 575. The minimum atomic E-state index is -2.81. The van der Waals surface area contributed by atoms with Gasteiger partial charge in [-0.15, -0.1) is 0 Å². The molecule has 0 amide bonds. The molecule has 0 aliphatic rings. The van der Waals surface area contributed by atoms with E-state index in [1.165, 1.54) is 6.07 Å². The van der Waals surface area contributed by atoms with Crippen LogP contribution in [0.25, 0.3) is 10.9 Å². The van der Waals surface area contributed by atoms with E-state index in [0.29, 0.717) is 0 Å².